The number of nitrogens with zero attached hydrogens (tertiary/aromatic N) is 3. The molecule has 1 aromatic carbocycles. The van der Waals surface area contributed by atoms with E-state index in [-0.39, 0.29) is 11.9 Å². The Morgan fingerprint density at radius 1 is 1.30 bits per heavy atom. The van der Waals surface area contributed by atoms with Crippen molar-refractivity contribution < 1.29 is 4.79 Å². The summed E-state index contributed by atoms with van der Waals surface area (Å²) in [7, 11) is 0. The third-order valence-corrected chi connectivity index (χ3v) is 4.38. The minimum atomic E-state index is 0.0813. The Hall–Kier alpha value is -2.14. The normalized spacial score (nSPS) is 18.2. The number of hydrogen-bond acceptors (Lipinski definition) is 3. The lowest BCUT2D eigenvalue weighted by molar-refractivity contribution is 0.0709. The number of aromatic nitrogens is 2. The second-order valence-corrected chi connectivity index (χ2v) is 6.44. The molecule has 5 heteroatoms. The molecule has 0 saturated carbocycles. The van der Waals surface area contributed by atoms with E-state index < -0.39 is 0 Å². The van der Waals surface area contributed by atoms with Crippen molar-refractivity contribution in [3.8, 4) is 0 Å². The summed E-state index contributed by atoms with van der Waals surface area (Å²) in [6.07, 6.45) is 1.99. The fraction of sp³-hybridized carbons (Fsp3) is 0.444. The average molecular weight is 312 g/mol. The number of carbonyl (C=O) groups excluding carboxylic acids is 1. The first kappa shape index (κ1) is 15.7. The highest BCUT2D eigenvalue weighted by Crippen LogP contribution is 2.14. The second kappa shape index (κ2) is 6.54. The van der Waals surface area contributed by atoms with Gasteiger partial charge in [0.15, 0.2) is 0 Å². The number of piperidine rings is 1. The Kier molecular flexibility index (Phi) is 4.48. The molecule has 5 nitrogen and oxygen atoms in total. The predicted octanol–water partition coefficient (Wildman–Crippen LogP) is 2.11. The van der Waals surface area contributed by atoms with E-state index in [4.69, 9.17) is 5.73 Å². The molecule has 1 fully saturated rings. The molecule has 1 atom stereocenters. The van der Waals surface area contributed by atoms with Crippen LogP contribution in [0.1, 0.15) is 40.2 Å². The van der Waals surface area contributed by atoms with Crippen molar-refractivity contribution in [1.82, 2.24) is 14.7 Å². The van der Waals surface area contributed by atoms with E-state index in [0.29, 0.717) is 6.54 Å². The minimum absolute atomic E-state index is 0.0813. The molecular weight excluding hydrogens is 288 g/mol. The number of amides is 1. The molecule has 1 aliphatic rings. The van der Waals surface area contributed by atoms with Gasteiger partial charge in [0.2, 0.25) is 0 Å². The first-order valence-corrected chi connectivity index (χ1v) is 8.18. The van der Waals surface area contributed by atoms with Crippen LogP contribution < -0.4 is 5.73 Å². The van der Waals surface area contributed by atoms with Crippen molar-refractivity contribution >= 4 is 5.91 Å². The summed E-state index contributed by atoms with van der Waals surface area (Å²) >= 11 is 0. The number of likely N-dealkylation sites (tertiary alicyclic amines) is 1. The third-order valence-electron chi connectivity index (χ3n) is 4.38. The number of rotatable bonds is 3. The molecule has 0 aliphatic carbocycles. The van der Waals surface area contributed by atoms with Gasteiger partial charge in [-0.3, -0.25) is 9.48 Å². The van der Waals surface area contributed by atoms with E-state index in [1.165, 1.54) is 0 Å². The SMILES string of the molecule is Cc1cc(C)n(Cc2ccc(C(=O)N3CCCC(N)C3)cc2)n1. The van der Waals surface area contributed by atoms with Crippen LogP contribution in [-0.2, 0) is 6.54 Å². The van der Waals surface area contributed by atoms with Gasteiger partial charge >= 0.3 is 0 Å². The standard InChI is InChI=1S/C18H24N4O/c1-13-10-14(2)22(20-13)11-15-5-7-16(8-6-15)18(23)21-9-3-4-17(19)12-21/h5-8,10,17H,3-4,9,11-12,19H2,1-2H3. The molecule has 0 radical (unpaired) electrons. The first-order chi connectivity index (χ1) is 11.0. The second-order valence-electron chi connectivity index (χ2n) is 6.44. The summed E-state index contributed by atoms with van der Waals surface area (Å²) < 4.78 is 1.98. The van der Waals surface area contributed by atoms with Crippen LogP contribution in [-0.4, -0.2) is 39.7 Å². The molecule has 0 spiro atoms. The zero-order valence-electron chi connectivity index (χ0n) is 13.8. The molecule has 23 heavy (non-hydrogen) atoms. The molecule has 1 aliphatic heterocycles. The highest BCUT2D eigenvalue weighted by molar-refractivity contribution is 5.94. The molecule has 2 aromatic rings. The van der Waals surface area contributed by atoms with Gasteiger partial charge in [-0.2, -0.15) is 5.10 Å². The minimum Gasteiger partial charge on any atom is -0.337 e. The Balaban J connectivity index is 1.69. The van der Waals surface area contributed by atoms with Crippen LogP contribution in [0.4, 0.5) is 0 Å². The van der Waals surface area contributed by atoms with Gasteiger partial charge in [0.05, 0.1) is 12.2 Å². The van der Waals surface area contributed by atoms with Crippen molar-refractivity contribution in [3.05, 3.63) is 52.8 Å². The molecule has 2 N–H and O–H groups in total. The van der Waals surface area contributed by atoms with Gasteiger partial charge in [-0.05, 0) is 50.5 Å². The van der Waals surface area contributed by atoms with Gasteiger partial charge < -0.3 is 10.6 Å². The van der Waals surface area contributed by atoms with Gasteiger partial charge in [-0.1, -0.05) is 12.1 Å². The molecule has 1 saturated heterocycles. The Bertz CT molecular complexity index is 690. The van der Waals surface area contributed by atoms with Crippen molar-refractivity contribution in [3.63, 3.8) is 0 Å². The number of benzene rings is 1. The lowest BCUT2D eigenvalue weighted by atomic mass is 10.0. The van der Waals surface area contributed by atoms with Crippen LogP contribution in [0.5, 0.6) is 0 Å². The number of nitrogens with two attached hydrogens (primary N) is 1. The van der Waals surface area contributed by atoms with Gasteiger partial charge in [0.1, 0.15) is 0 Å². The van der Waals surface area contributed by atoms with Gasteiger partial charge in [-0.25, -0.2) is 0 Å². The number of hydrogen-bond donors (Lipinski definition) is 1. The molecule has 3 rings (SSSR count). The van der Waals surface area contributed by atoms with Crippen molar-refractivity contribution in [1.29, 1.82) is 0 Å². The smallest absolute Gasteiger partial charge is 0.253 e. The van der Waals surface area contributed by atoms with E-state index in [9.17, 15) is 4.79 Å². The summed E-state index contributed by atoms with van der Waals surface area (Å²) in [4.78, 5) is 14.4. The van der Waals surface area contributed by atoms with Crippen LogP contribution in [0.2, 0.25) is 0 Å². The summed E-state index contributed by atoms with van der Waals surface area (Å²) in [5.74, 6) is 0.0813. The summed E-state index contributed by atoms with van der Waals surface area (Å²) in [5, 5.41) is 4.47. The first-order valence-electron chi connectivity index (χ1n) is 8.18. The molecule has 1 aromatic heterocycles. The number of aryl methyl sites for hydroxylation is 2. The Labute approximate surface area is 137 Å². The highest BCUT2D eigenvalue weighted by atomic mass is 16.2. The van der Waals surface area contributed by atoms with Gasteiger partial charge in [0, 0.05) is 30.4 Å². The van der Waals surface area contributed by atoms with Crippen LogP contribution in [0.3, 0.4) is 0 Å². The highest BCUT2D eigenvalue weighted by Gasteiger charge is 2.22. The average Bonchev–Trinajstić information content (AvgIpc) is 2.85. The van der Waals surface area contributed by atoms with E-state index in [0.717, 1.165) is 48.4 Å². The van der Waals surface area contributed by atoms with Gasteiger partial charge in [-0.15, -0.1) is 0 Å². The summed E-state index contributed by atoms with van der Waals surface area (Å²) in [5.41, 5.74) is 10.0. The maximum atomic E-state index is 12.5. The molecule has 122 valence electrons. The van der Waals surface area contributed by atoms with Crippen molar-refractivity contribution in [2.75, 3.05) is 13.1 Å². The Morgan fingerprint density at radius 3 is 2.65 bits per heavy atom. The van der Waals surface area contributed by atoms with Gasteiger partial charge in [0.25, 0.3) is 5.91 Å². The molecule has 2 heterocycles. The van der Waals surface area contributed by atoms with E-state index in [1.807, 2.05) is 40.8 Å². The summed E-state index contributed by atoms with van der Waals surface area (Å²) in [6.45, 7) is 6.24. The maximum Gasteiger partial charge on any atom is 0.253 e. The molecular formula is C18H24N4O. The van der Waals surface area contributed by atoms with E-state index in [1.54, 1.807) is 0 Å². The largest absolute Gasteiger partial charge is 0.337 e. The lowest BCUT2D eigenvalue weighted by Crippen LogP contribution is -2.45. The fourth-order valence-corrected chi connectivity index (χ4v) is 3.14. The molecule has 1 amide bonds. The Morgan fingerprint density at radius 2 is 2.04 bits per heavy atom. The van der Waals surface area contributed by atoms with Crippen LogP contribution in [0.15, 0.2) is 30.3 Å². The zero-order valence-corrected chi connectivity index (χ0v) is 13.8. The fourth-order valence-electron chi connectivity index (χ4n) is 3.14. The van der Waals surface area contributed by atoms with Crippen LogP contribution in [0.25, 0.3) is 0 Å². The van der Waals surface area contributed by atoms with Crippen LogP contribution in [0, 0.1) is 13.8 Å². The third kappa shape index (κ3) is 3.62. The predicted molar refractivity (Wildman–Crippen MR) is 90.4 cm³/mol. The quantitative estimate of drug-likeness (QED) is 0.944. The zero-order chi connectivity index (χ0) is 16.4. The number of carbonyl (C=O) groups is 1. The van der Waals surface area contributed by atoms with E-state index in [2.05, 4.69) is 18.1 Å². The van der Waals surface area contributed by atoms with Crippen molar-refractivity contribution in [2.24, 2.45) is 5.73 Å². The monoisotopic (exact) mass is 312 g/mol. The summed E-state index contributed by atoms with van der Waals surface area (Å²) in [6, 6.07) is 10.0. The lowest BCUT2D eigenvalue weighted by Gasteiger charge is -2.30. The molecule has 0 bridgehead atoms. The van der Waals surface area contributed by atoms with Crippen molar-refractivity contribution in [2.45, 2.75) is 39.3 Å². The maximum absolute atomic E-state index is 12.5. The van der Waals surface area contributed by atoms with Crippen LogP contribution >= 0.6 is 0 Å². The van der Waals surface area contributed by atoms with E-state index >= 15 is 0 Å². The topological polar surface area (TPSA) is 64.2 Å². The molecule has 1 unspecified atom stereocenters.